The second kappa shape index (κ2) is 9.02. The molecular weight excluding hydrogens is 418 g/mol. The van der Waals surface area contributed by atoms with Gasteiger partial charge in [0.05, 0.1) is 10.5 Å². The predicted octanol–water partition coefficient (Wildman–Crippen LogP) is 4.02. The number of aromatic nitrogens is 1. The molecule has 1 aliphatic heterocycles. The van der Waals surface area contributed by atoms with E-state index in [9.17, 15) is 4.79 Å². The van der Waals surface area contributed by atoms with Crippen molar-refractivity contribution in [1.82, 2.24) is 10.3 Å². The van der Waals surface area contributed by atoms with Crippen LogP contribution in [-0.2, 0) is 9.53 Å². The molecule has 140 valence electrons. The molecule has 3 rings (SSSR count). The first-order valence-electron chi connectivity index (χ1n) is 8.86. The van der Waals surface area contributed by atoms with Crippen molar-refractivity contribution in [2.24, 2.45) is 5.92 Å². The lowest BCUT2D eigenvalue weighted by Gasteiger charge is -2.32. The van der Waals surface area contributed by atoms with Crippen LogP contribution in [0.4, 0.5) is 5.82 Å². The van der Waals surface area contributed by atoms with E-state index >= 15 is 0 Å². The predicted molar refractivity (Wildman–Crippen MR) is 109 cm³/mol. The van der Waals surface area contributed by atoms with Crippen LogP contribution in [0.3, 0.4) is 0 Å². The van der Waals surface area contributed by atoms with Gasteiger partial charge in [-0.25, -0.2) is 4.98 Å². The Labute approximate surface area is 167 Å². The highest BCUT2D eigenvalue weighted by atomic mass is 79.9. The summed E-state index contributed by atoms with van der Waals surface area (Å²) in [4.78, 5) is 19.2. The van der Waals surface area contributed by atoms with Crippen LogP contribution in [0.5, 0.6) is 0 Å². The molecule has 0 atom stereocenters. The van der Waals surface area contributed by atoms with Crippen molar-refractivity contribution in [3.63, 3.8) is 0 Å². The van der Waals surface area contributed by atoms with Gasteiger partial charge >= 0.3 is 0 Å². The van der Waals surface area contributed by atoms with Crippen LogP contribution >= 0.6 is 27.5 Å². The van der Waals surface area contributed by atoms with Crippen molar-refractivity contribution in [2.75, 3.05) is 38.3 Å². The first kappa shape index (κ1) is 19.4. The van der Waals surface area contributed by atoms with Gasteiger partial charge in [-0.2, -0.15) is 0 Å². The van der Waals surface area contributed by atoms with E-state index in [2.05, 4.69) is 26.1 Å². The van der Waals surface area contributed by atoms with Crippen LogP contribution in [0.25, 0.3) is 10.9 Å². The highest BCUT2D eigenvalue weighted by Gasteiger charge is 2.25. The summed E-state index contributed by atoms with van der Waals surface area (Å²) in [5, 5.41) is 4.66. The van der Waals surface area contributed by atoms with Gasteiger partial charge in [-0.05, 0) is 43.5 Å². The first-order chi connectivity index (χ1) is 12.6. The van der Waals surface area contributed by atoms with Gasteiger partial charge in [-0.3, -0.25) is 4.79 Å². The minimum atomic E-state index is 0.0776. The van der Waals surface area contributed by atoms with E-state index in [-0.39, 0.29) is 11.8 Å². The fourth-order valence-corrected chi connectivity index (χ4v) is 4.14. The highest BCUT2D eigenvalue weighted by Crippen LogP contribution is 2.30. The molecule has 1 aliphatic rings. The van der Waals surface area contributed by atoms with E-state index in [1.807, 2.05) is 24.3 Å². The molecule has 0 bridgehead atoms. The third kappa shape index (κ3) is 4.67. The fourth-order valence-electron chi connectivity index (χ4n) is 3.27. The second-order valence-electron chi connectivity index (χ2n) is 6.53. The van der Waals surface area contributed by atoms with Crippen LogP contribution in [0, 0.1) is 5.92 Å². The topological polar surface area (TPSA) is 54.5 Å². The van der Waals surface area contributed by atoms with Crippen LogP contribution in [0.1, 0.15) is 19.3 Å². The number of anilines is 1. The lowest BCUT2D eigenvalue weighted by molar-refractivity contribution is -0.125. The number of benzene rings is 1. The zero-order chi connectivity index (χ0) is 18.5. The molecule has 1 saturated heterocycles. The monoisotopic (exact) mass is 439 g/mol. The number of methoxy groups -OCH3 is 1. The van der Waals surface area contributed by atoms with Crippen molar-refractivity contribution in [3.05, 3.63) is 33.8 Å². The molecule has 7 heteroatoms. The van der Waals surface area contributed by atoms with Crippen LogP contribution in [0.2, 0.25) is 5.02 Å². The summed E-state index contributed by atoms with van der Waals surface area (Å²) in [5.41, 5.74) is 0.811. The largest absolute Gasteiger partial charge is 0.385 e. The molecule has 0 aliphatic carbocycles. The number of carbonyl (C=O) groups is 1. The molecule has 26 heavy (non-hydrogen) atoms. The summed E-state index contributed by atoms with van der Waals surface area (Å²) in [6, 6.07) is 7.94. The quantitative estimate of drug-likeness (QED) is 0.689. The Morgan fingerprint density at radius 3 is 2.88 bits per heavy atom. The Morgan fingerprint density at radius 1 is 1.38 bits per heavy atom. The average molecular weight is 441 g/mol. The van der Waals surface area contributed by atoms with Gasteiger partial charge in [0.15, 0.2) is 0 Å². The minimum absolute atomic E-state index is 0.0776. The molecule has 1 aromatic carbocycles. The van der Waals surface area contributed by atoms with Gasteiger partial charge in [-0.15, -0.1) is 0 Å². The Kier molecular flexibility index (Phi) is 6.73. The summed E-state index contributed by atoms with van der Waals surface area (Å²) in [6.07, 6.45) is 2.52. The van der Waals surface area contributed by atoms with Crippen LogP contribution < -0.4 is 10.2 Å². The molecule has 0 saturated carbocycles. The summed E-state index contributed by atoms with van der Waals surface area (Å²) in [5.74, 6) is 1.15. The third-order valence-corrected chi connectivity index (χ3v) is 5.46. The number of amides is 1. The maximum Gasteiger partial charge on any atom is 0.223 e. The number of hydrogen-bond acceptors (Lipinski definition) is 4. The number of halogens is 2. The van der Waals surface area contributed by atoms with E-state index in [1.165, 1.54) is 0 Å². The zero-order valence-electron chi connectivity index (χ0n) is 14.8. The Bertz CT molecular complexity index is 779. The van der Waals surface area contributed by atoms with E-state index in [4.69, 9.17) is 21.3 Å². The van der Waals surface area contributed by atoms with Crippen molar-refractivity contribution in [1.29, 1.82) is 0 Å². The first-order valence-corrected chi connectivity index (χ1v) is 10.0. The van der Waals surface area contributed by atoms with Gasteiger partial charge in [0.2, 0.25) is 5.91 Å². The van der Waals surface area contributed by atoms with Crippen molar-refractivity contribution < 1.29 is 9.53 Å². The summed E-state index contributed by atoms with van der Waals surface area (Å²) >= 11 is 9.79. The molecule has 5 nitrogen and oxygen atoms in total. The van der Waals surface area contributed by atoms with Crippen molar-refractivity contribution in [2.45, 2.75) is 19.3 Å². The number of fused-ring (bicyclic) bond motifs is 1. The second-order valence-corrected chi connectivity index (χ2v) is 7.85. The Morgan fingerprint density at radius 2 is 2.15 bits per heavy atom. The third-order valence-electron chi connectivity index (χ3n) is 4.71. The number of carbonyl (C=O) groups excluding carboxylic acids is 1. The lowest BCUT2D eigenvalue weighted by Crippen LogP contribution is -2.41. The summed E-state index contributed by atoms with van der Waals surface area (Å²) in [6.45, 7) is 2.99. The summed E-state index contributed by atoms with van der Waals surface area (Å²) < 4.78 is 5.95. The molecule has 1 amide bonds. The maximum absolute atomic E-state index is 12.2. The normalized spacial score (nSPS) is 15.4. The van der Waals surface area contributed by atoms with Gasteiger partial charge in [0, 0.05) is 49.1 Å². The van der Waals surface area contributed by atoms with Crippen LogP contribution in [0.15, 0.2) is 28.7 Å². The number of ether oxygens (including phenoxy) is 1. The van der Waals surface area contributed by atoms with Gasteiger partial charge in [0.1, 0.15) is 5.82 Å². The molecule has 0 radical (unpaired) electrons. The average Bonchev–Trinajstić information content (AvgIpc) is 2.65. The lowest BCUT2D eigenvalue weighted by atomic mass is 9.96. The van der Waals surface area contributed by atoms with Gasteiger partial charge < -0.3 is 15.0 Å². The Balaban J connectivity index is 1.59. The number of nitrogens with one attached hydrogen (secondary N) is 1. The molecular formula is C19H23BrClN3O2. The van der Waals surface area contributed by atoms with Crippen molar-refractivity contribution in [3.8, 4) is 0 Å². The number of pyridine rings is 1. The van der Waals surface area contributed by atoms with Gasteiger partial charge in [-0.1, -0.05) is 27.5 Å². The molecule has 1 N–H and O–H groups in total. The summed E-state index contributed by atoms with van der Waals surface area (Å²) in [7, 11) is 1.67. The number of nitrogens with zero attached hydrogens (tertiary/aromatic N) is 2. The smallest absolute Gasteiger partial charge is 0.223 e. The number of rotatable bonds is 6. The fraction of sp³-hybridized carbons (Fsp3) is 0.474. The molecule has 0 spiro atoms. The van der Waals surface area contributed by atoms with E-state index in [0.29, 0.717) is 18.2 Å². The van der Waals surface area contributed by atoms with E-state index in [1.54, 1.807) is 7.11 Å². The standard InChI is InChI=1S/C19H23BrClN3O2/c1-26-10-2-7-22-19(25)13-5-8-24(9-6-13)17-4-3-14-11-15(20)12-16(21)18(14)23-17/h3-4,11-13H,2,5-10H2,1H3,(H,22,25). The number of hydrogen-bond donors (Lipinski definition) is 1. The number of piperidine rings is 1. The Hall–Kier alpha value is -1.37. The maximum atomic E-state index is 12.2. The molecule has 0 unspecified atom stereocenters. The van der Waals surface area contributed by atoms with Crippen molar-refractivity contribution >= 4 is 50.2 Å². The zero-order valence-corrected chi connectivity index (χ0v) is 17.1. The van der Waals surface area contributed by atoms with E-state index < -0.39 is 0 Å². The molecule has 2 heterocycles. The minimum Gasteiger partial charge on any atom is -0.385 e. The SMILES string of the molecule is COCCCNC(=O)C1CCN(c2ccc3cc(Br)cc(Cl)c3n2)CC1. The van der Waals surface area contributed by atoms with Gasteiger partial charge in [0.25, 0.3) is 0 Å². The molecule has 2 aromatic rings. The van der Waals surface area contributed by atoms with Crippen LogP contribution in [-0.4, -0.2) is 44.2 Å². The molecule has 1 fully saturated rings. The molecule has 1 aromatic heterocycles. The van der Waals surface area contributed by atoms with E-state index in [0.717, 1.165) is 53.5 Å². The highest BCUT2D eigenvalue weighted by molar-refractivity contribution is 9.10.